The number of aryl methyl sites for hydroxylation is 1. The van der Waals surface area contributed by atoms with Crippen LogP contribution in [0.5, 0.6) is 0 Å². The Labute approximate surface area is 124 Å². The third-order valence-corrected chi connectivity index (χ3v) is 20.6. The van der Waals surface area contributed by atoms with Crippen molar-refractivity contribution < 1.29 is 9.22 Å². The zero-order valence-corrected chi connectivity index (χ0v) is 15.5. The van der Waals surface area contributed by atoms with Crippen LogP contribution in [0.1, 0.15) is 29.3 Å². The molecule has 1 aliphatic rings. The van der Waals surface area contributed by atoms with Gasteiger partial charge in [0.25, 0.3) is 0 Å². The molecule has 20 heavy (non-hydrogen) atoms. The van der Waals surface area contributed by atoms with Gasteiger partial charge in [0.05, 0.1) is 7.59 Å². The van der Waals surface area contributed by atoms with Crippen LogP contribution < -0.4 is 0 Å². The van der Waals surface area contributed by atoms with E-state index in [4.69, 9.17) is 4.43 Å². The van der Waals surface area contributed by atoms with E-state index in [9.17, 15) is 4.79 Å². The summed E-state index contributed by atoms with van der Waals surface area (Å²) in [4.78, 5) is 12.9. The molecule has 0 spiro atoms. The van der Waals surface area contributed by atoms with Gasteiger partial charge in [0.15, 0.2) is 13.6 Å². The Morgan fingerprint density at radius 3 is 2.30 bits per heavy atom. The molecule has 0 N–H and O–H groups in total. The van der Waals surface area contributed by atoms with Crippen molar-refractivity contribution in [1.82, 2.24) is 0 Å². The van der Waals surface area contributed by atoms with Gasteiger partial charge in [0, 0.05) is 5.56 Å². The average molecular weight is 307 g/mol. The monoisotopic (exact) mass is 306 g/mol. The average Bonchev–Trinajstić information content (AvgIpc) is 2.33. The van der Waals surface area contributed by atoms with Gasteiger partial charge < -0.3 is 4.43 Å². The van der Waals surface area contributed by atoms with Crippen molar-refractivity contribution >= 4 is 21.2 Å². The van der Waals surface area contributed by atoms with Gasteiger partial charge in [0.2, 0.25) is 0 Å². The van der Waals surface area contributed by atoms with Crippen LogP contribution in [0.2, 0.25) is 32.7 Å². The summed E-state index contributed by atoms with van der Waals surface area (Å²) in [6.45, 7) is 13.6. The molecule has 1 atom stereocenters. The largest absolute Gasteiger partial charge is 0.407 e. The highest BCUT2D eigenvalue weighted by Gasteiger charge is 2.48. The highest BCUT2D eigenvalue weighted by molar-refractivity contribution is 7.37. The van der Waals surface area contributed by atoms with Crippen LogP contribution in [0.15, 0.2) is 24.3 Å². The Morgan fingerprint density at radius 1 is 1.10 bits per heavy atom. The maximum atomic E-state index is 12.9. The van der Waals surface area contributed by atoms with Crippen molar-refractivity contribution in [3.05, 3.63) is 35.4 Å². The van der Waals surface area contributed by atoms with Crippen LogP contribution in [-0.4, -0.2) is 26.8 Å². The number of Topliss-reactive ketones (excluding diaryl/α,β-unsaturated/α-hetero) is 1. The number of ketones is 1. The molecule has 1 aliphatic carbocycles. The topological polar surface area (TPSA) is 26.3 Å². The Morgan fingerprint density at radius 2 is 1.70 bits per heavy atom. The second-order valence-electron chi connectivity index (χ2n) is 7.58. The van der Waals surface area contributed by atoms with E-state index in [1.807, 2.05) is 25.1 Å². The molecule has 0 bridgehead atoms. The van der Waals surface area contributed by atoms with Gasteiger partial charge >= 0.3 is 0 Å². The molecule has 0 saturated carbocycles. The van der Waals surface area contributed by atoms with Crippen molar-refractivity contribution in [2.24, 2.45) is 0 Å². The molecular formula is C16H26O2Si2. The first-order valence-electron chi connectivity index (χ1n) is 7.40. The minimum absolute atomic E-state index is 0.179. The predicted octanol–water partition coefficient (Wildman–Crippen LogP) is 4.21. The quantitative estimate of drug-likeness (QED) is 0.782. The zero-order chi connectivity index (χ0) is 15.2. The maximum Gasteiger partial charge on any atom is 0.193 e. The highest BCUT2D eigenvalue weighted by atomic mass is 29.3. The second kappa shape index (κ2) is 4.93. The first kappa shape index (κ1) is 15.7. The van der Waals surface area contributed by atoms with Crippen LogP contribution in [0, 0.1) is 0 Å². The number of hydrogen-bond donors (Lipinski definition) is 0. The van der Waals surface area contributed by atoms with Crippen molar-refractivity contribution in [3.63, 3.8) is 0 Å². The molecule has 0 amide bonds. The molecule has 0 fully saturated rings. The Balaban J connectivity index is 2.32. The lowest BCUT2D eigenvalue weighted by molar-refractivity contribution is 0.0440. The molecule has 4 heteroatoms. The van der Waals surface area contributed by atoms with Crippen LogP contribution in [0.4, 0.5) is 0 Å². The molecule has 0 aliphatic heterocycles. The van der Waals surface area contributed by atoms with Crippen LogP contribution in [0.3, 0.4) is 0 Å². The lowest BCUT2D eigenvalue weighted by atomic mass is 9.80. The van der Waals surface area contributed by atoms with Gasteiger partial charge in [-0.15, -0.1) is 0 Å². The first-order chi connectivity index (χ1) is 9.07. The fourth-order valence-corrected chi connectivity index (χ4v) is 5.77. The summed E-state index contributed by atoms with van der Waals surface area (Å²) in [6.07, 6.45) is 1.75. The number of hydrogen-bond acceptors (Lipinski definition) is 2. The van der Waals surface area contributed by atoms with E-state index in [2.05, 4.69) is 38.8 Å². The number of benzene rings is 1. The molecule has 2 rings (SSSR count). The summed E-state index contributed by atoms with van der Waals surface area (Å²) in [5.74, 6) is 0.179. The Kier molecular flexibility index (Phi) is 3.86. The minimum atomic E-state index is -1.81. The summed E-state index contributed by atoms with van der Waals surface area (Å²) in [6, 6.07) is 7.97. The van der Waals surface area contributed by atoms with Gasteiger partial charge in [0.1, 0.15) is 5.60 Å². The molecule has 1 aromatic rings. The number of rotatable bonds is 3. The van der Waals surface area contributed by atoms with Crippen molar-refractivity contribution in [3.8, 4) is 0 Å². The fraction of sp³-hybridized carbons (Fsp3) is 0.562. The highest BCUT2D eigenvalue weighted by Crippen LogP contribution is 2.35. The van der Waals surface area contributed by atoms with E-state index in [-0.39, 0.29) is 5.78 Å². The Hall–Kier alpha value is -0.716. The van der Waals surface area contributed by atoms with E-state index >= 15 is 0 Å². The van der Waals surface area contributed by atoms with Gasteiger partial charge in [-0.05, 0) is 38.4 Å². The summed E-state index contributed by atoms with van der Waals surface area (Å²) in [5.41, 5.74) is 1.41. The first-order valence-corrected chi connectivity index (χ1v) is 14.8. The minimum Gasteiger partial charge on any atom is -0.407 e. The molecule has 1 aromatic carbocycles. The van der Waals surface area contributed by atoms with Gasteiger partial charge in [-0.25, -0.2) is 0 Å². The van der Waals surface area contributed by atoms with E-state index in [1.165, 1.54) is 5.56 Å². The number of fused-ring (bicyclic) bond motifs is 1. The SMILES string of the molecule is CC1(O[Si](C)(C)[Si](C)(C)C)CCc2ccccc2C1=O. The standard InChI is InChI=1S/C16H26O2Si2/c1-16(18-20(5,6)19(2,3)4)12-11-13-9-7-8-10-14(13)15(16)17/h7-10H,11-12H2,1-6H3. The summed E-state index contributed by atoms with van der Waals surface area (Å²) in [7, 11) is -3.18. The Bertz CT molecular complexity index is 532. The molecule has 0 heterocycles. The van der Waals surface area contributed by atoms with E-state index in [0.717, 1.165) is 18.4 Å². The van der Waals surface area contributed by atoms with Crippen LogP contribution in [0.25, 0.3) is 0 Å². The summed E-state index contributed by atoms with van der Waals surface area (Å²) < 4.78 is 6.55. The molecule has 0 saturated heterocycles. The third-order valence-electron chi connectivity index (χ3n) is 4.90. The molecule has 0 aromatic heterocycles. The summed E-state index contributed by atoms with van der Waals surface area (Å²) in [5, 5.41) is 0. The predicted molar refractivity (Wildman–Crippen MR) is 89.4 cm³/mol. The maximum absolute atomic E-state index is 12.9. The van der Waals surface area contributed by atoms with E-state index in [1.54, 1.807) is 0 Å². The number of carbonyl (C=O) groups excluding carboxylic acids is 1. The van der Waals surface area contributed by atoms with Crippen molar-refractivity contribution in [1.29, 1.82) is 0 Å². The van der Waals surface area contributed by atoms with Crippen molar-refractivity contribution in [2.75, 3.05) is 0 Å². The van der Waals surface area contributed by atoms with Gasteiger partial charge in [-0.3, -0.25) is 4.79 Å². The smallest absolute Gasteiger partial charge is 0.193 e. The zero-order valence-electron chi connectivity index (χ0n) is 13.5. The lowest BCUT2D eigenvalue weighted by Crippen LogP contribution is -2.61. The normalized spacial score (nSPS) is 23.6. The lowest BCUT2D eigenvalue weighted by Gasteiger charge is -2.44. The van der Waals surface area contributed by atoms with Crippen molar-refractivity contribution in [2.45, 2.75) is 58.1 Å². The van der Waals surface area contributed by atoms with E-state index in [0.29, 0.717) is 0 Å². The molecule has 110 valence electrons. The molecule has 1 unspecified atom stereocenters. The fourth-order valence-electron chi connectivity index (χ4n) is 2.55. The molecule has 2 nitrogen and oxygen atoms in total. The molecular weight excluding hydrogens is 280 g/mol. The van der Waals surface area contributed by atoms with Crippen LogP contribution in [-0.2, 0) is 10.8 Å². The summed E-state index contributed by atoms with van der Waals surface area (Å²) >= 11 is 0. The van der Waals surface area contributed by atoms with Gasteiger partial charge in [-0.1, -0.05) is 43.9 Å². The van der Waals surface area contributed by atoms with Crippen LogP contribution >= 0.6 is 0 Å². The van der Waals surface area contributed by atoms with E-state index < -0.39 is 21.0 Å². The van der Waals surface area contributed by atoms with Gasteiger partial charge in [-0.2, -0.15) is 0 Å². The molecule has 0 radical (unpaired) electrons. The third kappa shape index (κ3) is 2.69. The second-order valence-corrected chi connectivity index (χ2v) is 23.4. The number of carbonyl (C=O) groups is 1.